The van der Waals surface area contributed by atoms with Crippen LogP contribution in [-0.2, 0) is 0 Å². The predicted octanol–water partition coefficient (Wildman–Crippen LogP) is 2.73. The predicted molar refractivity (Wildman–Crippen MR) is 57.0 cm³/mol. The number of hydrogen-bond donors (Lipinski definition) is 1. The van der Waals surface area contributed by atoms with Crippen molar-refractivity contribution in [2.24, 2.45) is 5.73 Å². The van der Waals surface area contributed by atoms with Crippen LogP contribution in [0.5, 0.6) is 0 Å². The average molecular weight is 226 g/mol. The molecule has 0 saturated carbocycles. The van der Waals surface area contributed by atoms with E-state index in [0.29, 0.717) is 6.54 Å². The summed E-state index contributed by atoms with van der Waals surface area (Å²) in [5.74, 6) is 0. The van der Waals surface area contributed by atoms with E-state index in [2.05, 4.69) is 35.0 Å². The van der Waals surface area contributed by atoms with Gasteiger partial charge in [-0.25, -0.2) is 0 Å². The Morgan fingerprint density at radius 1 is 1.50 bits per heavy atom. The molecule has 0 unspecified atom stereocenters. The van der Waals surface area contributed by atoms with Crippen LogP contribution in [0.3, 0.4) is 0 Å². The van der Waals surface area contributed by atoms with Crippen molar-refractivity contribution in [2.75, 3.05) is 6.54 Å². The van der Waals surface area contributed by atoms with Gasteiger partial charge in [-0.2, -0.15) is 0 Å². The van der Waals surface area contributed by atoms with Crippen molar-refractivity contribution in [1.29, 1.82) is 0 Å². The van der Waals surface area contributed by atoms with Crippen molar-refractivity contribution < 1.29 is 0 Å². The first kappa shape index (κ1) is 9.49. The molecule has 0 bridgehead atoms. The molecule has 0 radical (unpaired) electrons. The highest BCUT2D eigenvalue weighted by Crippen LogP contribution is 2.16. The molecule has 1 aromatic rings. The lowest BCUT2D eigenvalue weighted by atomic mass is 10.1. The van der Waals surface area contributed by atoms with E-state index in [1.165, 1.54) is 11.1 Å². The van der Waals surface area contributed by atoms with Crippen LogP contribution in [0.25, 0.3) is 6.08 Å². The Morgan fingerprint density at radius 2 is 2.25 bits per heavy atom. The van der Waals surface area contributed by atoms with E-state index in [4.69, 9.17) is 5.73 Å². The average Bonchev–Trinajstić information content (AvgIpc) is 2.03. The van der Waals surface area contributed by atoms with Gasteiger partial charge >= 0.3 is 0 Å². The smallest absolute Gasteiger partial charge is 0.0178 e. The van der Waals surface area contributed by atoms with Crippen LogP contribution in [-0.4, -0.2) is 6.54 Å². The minimum atomic E-state index is 0.593. The summed E-state index contributed by atoms with van der Waals surface area (Å²) in [4.78, 5) is 0. The maximum absolute atomic E-state index is 5.36. The Kier molecular flexibility index (Phi) is 3.50. The number of rotatable bonds is 2. The van der Waals surface area contributed by atoms with E-state index < -0.39 is 0 Å². The molecule has 2 heteroatoms. The van der Waals surface area contributed by atoms with E-state index in [1.54, 1.807) is 0 Å². The zero-order valence-corrected chi connectivity index (χ0v) is 8.64. The third kappa shape index (κ3) is 2.47. The molecule has 1 rings (SSSR count). The molecule has 0 aliphatic carbocycles. The SMILES string of the molecule is Cc1cc(Br)ccc1C=CCN. The fourth-order valence-corrected chi connectivity index (χ4v) is 1.50. The topological polar surface area (TPSA) is 26.0 Å². The first-order chi connectivity index (χ1) is 5.74. The molecule has 0 aliphatic rings. The quantitative estimate of drug-likeness (QED) is 0.824. The van der Waals surface area contributed by atoms with E-state index in [9.17, 15) is 0 Å². The third-order valence-electron chi connectivity index (χ3n) is 1.67. The van der Waals surface area contributed by atoms with Gasteiger partial charge in [-0.15, -0.1) is 0 Å². The highest BCUT2D eigenvalue weighted by molar-refractivity contribution is 9.10. The second kappa shape index (κ2) is 4.43. The van der Waals surface area contributed by atoms with Gasteiger partial charge in [-0.1, -0.05) is 34.1 Å². The molecule has 0 spiro atoms. The molecule has 1 aromatic carbocycles. The molecule has 1 nitrogen and oxygen atoms in total. The van der Waals surface area contributed by atoms with Gasteiger partial charge in [0.15, 0.2) is 0 Å². The van der Waals surface area contributed by atoms with Crippen LogP contribution in [0, 0.1) is 6.92 Å². The fourth-order valence-electron chi connectivity index (χ4n) is 1.02. The Bertz CT molecular complexity index is 292. The van der Waals surface area contributed by atoms with Gasteiger partial charge in [0.25, 0.3) is 0 Å². The minimum absolute atomic E-state index is 0.593. The number of nitrogens with two attached hydrogens (primary N) is 1. The Morgan fingerprint density at radius 3 is 2.83 bits per heavy atom. The lowest BCUT2D eigenvalue weighted by molar-refractivity contribution is 1.26. The first-order valence-electron chi connectivity index (χ1n) is 3.87. The standard InChI is InChI=1S/C10H12BrN/c1-8-7-10(11)5-4-9(8)3-2-6-12/h2-5,7H,6,12H2,1H3. The molecule has 0 fully saturated rings. The first-order valence-corrected chi connectivity index (χ1v) is 4.66. The molecule has 0 aliphatic heterocycles. The van der Waals surface area contributed by atoms with Crippen LogP contribution in [0.1, 0.15) is 11.1 Å². The summed E-state index contributed by atoms with van der Waals surface area (Å²) in [5, 5.41) is 0. The van der Waals surface area contributed by atoms with Crippen molar-refractivity contribution in [2.45, 2.75) is 6.92 Å². The van der Waals surface area contributed by atoms with Crippen LogP contribution in [0.4, 0.5) is 0 Å². The summed E-state index contributed by atoms with van der Waals surface area (Å²) >= 11 is 3.42. The van der Waals surface area contributed by atoms with Crippen molar-refractivity contribution in [3.8, 4) is 0 Å². The maximum atomic E-state index is 5.36. The summed E-state index contributed by atoms with van der Waals surface area (Å²) in [6.07, 6.45) is 4.00. The van der Waals surface area contributed by atoms with Gasteiger partial charge in [0.05, 0.1) is 0 Å². The van der Waals surface area contributed by atoms with Gasteiger partial charge < -0.3 is 5.73 Å². The summed E-state index contributed by atoms with van der Waals surface area (Å²) in [7, 11) is 0. The maximum Gasteiger partial charge on any atom is 0.0178 e. The van der Waals surface area contributed by atoms with Crippen molar-refractivity contribution >= 4 is 22.0 Å². The molecule has 12 heavy (non-hydrogen) atoms. The second-order valence-electron chi connectivity index (χ2n) is 2.64. The number of hydrogen-bond acceptors (Lipinski definition) is 1. The highest BCUT2D eigenvalue weighted by Gasteiger charge is 1.93. The zero-order valence-electron chi connectivity index (χ0n) is 7.05. The summed E-state index contributed by atoms with van der Waals surface area (Å²) < 4.78 is 1.12. The number of benzene rings is 1. The lowest BCUT2D eigenvalue weighted by Gasteiger charge is -1.99. The van der Waals surface area contributed by atoms with E-state index >= 15 is 0 Å². The second-order valence-corrected chi connectivity index (χ2v) is 3.55. The Balaban J connectivity index is 2.94. The zero-order chi connectivity index (χ0) is 8.97. The molecule has 0 heterocycles. The van der Waals surface area contributed by atoms with E-state index in [0.717, 1.165) is 4.47 Å². The number of aryl methyl sites for hydroxylation is 1. The number of halogens is 1. The van der Waals surface area contributed by atoms with Gasteiger partial charge in [0, 0.05) is 11.0 Å². The summed E-state index contributed by atoms with van der Waals surface area (Å²) in [6, 6.07) is 6.20. The summed E-state index contributed by atoms with van der Waals surface area (Å²) in [5.41, 5.74) is 7.84. The highest BCUT2D eigenvalue weighted by atomic mass is 79.9. The fraction of sp³-hybridized carbons (Fsp3) is 0.200. The largest absolute Gasteiger partial charge is 0.327 e. The molecule has 0 atom stereocenters. The molecular weight excluding hydrogens is 214 g/mol. The molecule has 2 N–H and O–H groups in total. The minimum Gasteiger partial charge on any atom is -0.327 e. The Hall–Kier alpha value is -0.600. The van der Waals surface area contributed by atoms with Crippen LogP contribution in [0.15, 0.2) is 28.7 Å². The van der Waals surface area contributed by atoms with Crippen LogP contribution < -0.4 is 5.73 Å². The van der Waals surface area contributed by atoms with E-state index in [-0.39, 0.29) is 0 Å². The van der Waals surface area contributed by atoms with Crippen molar-refractivity contribution in [3.63, 3.8) is 0 Å². The molecule has 0 saturated heterocycles. The molecule has 64 valence electrons. The van der Waals surface area contributed by atoms with Crippen LogP contribution >= 0.6 is 15.9 Å². The monoisotopic (exact) mass is 225 g/mol. The van der Waals surface area contributed by atoms with Gasteiger partial charge in [-0.3, -0.25) is 0 Å². The Labute approximate surface area is 81.4 Å². The van der Waals surface area contributed by atoms with Crippen molar-refractivity contribution in [3.05, 3.63) is 39.9 Å². The summed E-state index contributed by atoms with van der Waals surface area (Å²) in [6.45, 7) is 2.68. The normalized spacial score (nSPS) is 10.9. The third-order valence-corrected chi connectivity index (χ3v) is 2.16. The van der Waals surface area contributed by atoms with Crippen LogP contribution in [0.2, 0.25) is 0 Å². The van der Waals surface area contributed by atoms with Gasteiger partial charge in [0.2, 0.25) is 0 Å². The van der Waals surface area contributed by atoms with Gasteiger partial charge in [-0.05, 0) is 30.2 Å². The van der Waals surface area contributed by atoms with Crippen molar-refractivity contribution in [1.82, 2.24) is 0 Å². The van der Waals surface area contributed by atoms with E-state index in [1.807, 2.05) is 18.2 Å². The van der Waals surface area contributed by atoms with Gasteiger partial charge in [0.1, 0.15) is 0 Å². The molecular formula is C10H12BrN. The lowest BCUT2D eigenvalue weighted by Crippen LogP contribution is -1.92. The molecule has 0 aromatic heterocycles. The molecule has 0 amide bonds.